The molecule has 3 aromatic rings. The third-order valence-corrected chi connectivity index (χ3v) is 2.78. The number of benzene rings is 2. The highest BCUT2D eigenvalue weighted by atomic mass is 16.5. The Morgan fingerprint density at radius 1 is 0.900 bits per heavy atom. The van der Waals surface area contributed by atoms with E-state index in [9.17, 15) is 0 Å². The molecule has 1 aromatic heterocycles. The van der Waals surface area contributed by atoms with Gasteiger partial charge in [-0.15, -0.1) is 0 Å². The van der Waals surface area contributed by atoms with Crippen molar-refractivity contribution >= 4 is 10.9 Å². The first-order chi connectivity index (χ1) is 9.86. The zero-order valence-electron chi connectivity index (χ0n) is 11.1. The van der Waals surface area contributed by atoms with Crippen molar-refractivity contribution in [2.75, 3.05) is 6.61 Å². The van der Waals surface area contributed by atoms with Crippen LogP contribution in [0, 0.1) is 0 Å². The van der Waals surface area contributed by atoms with Crippen molar-refractivity contribution in [2.45, 2.75) is 6.92 Å². The monoisotopic (exact) mass is 266 g/mol. The maximum absolute atomic E-state index is 5.67. The molecule has 4 heteroatoms. The van der Waals surface area contributed by atoms with Crippen LogP contribution in [0.15, 0.2) is 54.6 Å². The second-order valence-corrected chi connectivity index (χ2v) is 4.18. The fraction of sp³-hybridized carbons (Fsp3) is 0.125. The second kappa shape index (κ2) is 5.57. The van der Waals surface area contributed by atoms with Gasteiger partial charge in [-0.3, -0.25) is 0 Å². The highest BCUT2D eigenvalue weighted by Gasteiger charge is 2.09. The van der Waals surface area contributed by atoms with E-state index in [0.717, 1.165) is 10.9 Å². The first kappa shape index (κ1) is 12.4. The zero-order valence-corrected chi connectivity index (χ0v) is 11.1. The largest absolute Gasteiger partial charge is 0.477 e. The van der Waals surface area contributed by atoms with E-state index >= 15 is 0 Å². The van der Waals surface area contributed by atoms with Crippen molar-refractivity contribution in [2.24, 2.45) is 0 Å². The molecule has 4 nitrogen and oxygen atoms in total. The molecule has 0 atom stereocenters. The van der Waals surface area contributed by atoms with E-state index in [1.54, 1.807) is 0 Å². The Kier molecular flexibility index (Phi) is 3.46. The Morgan fingerprint density at radius 2 is 1.65 bits per heavy atom. The lowest BCUT2D eigenvalue weighted by Crippen LogP contribution is -1.99. The fourth-order valence-electron chi connectivity index (χ4n) is 1.91. The molecule has 0 aliphatic heterocycles. The Balaban J connectivity index is 2.03. The minimum absolute atomic E-state index is 0.290. The summed E-state index contributed by atoms with van der Waals surface area (Å²) in [5.41, 5.74) is 0.803. The van der Waals surface area contributed by atoms with Gasteiger partial charge in [-0.2, -0.15) is 9.97 Å². The van der Waals surface area contributed by atoms with Gasteiger partial charge < -0.3 is 9.47 Å². The van der Waals surface area contributed by atoms with E-state index in [1.807, 2.05) is 61.5 Å². The number of nitrogens with zero attached hydrogens (tertiary/aromatic N) is 2. The fourth-order valence-corrected chi connectivity index (χ4v) is 1.91. The van der Waals surface area contributed by atoms with Crippen LogP contribution < -0.4 is 9.47 Å². The van der Waals surface area contributed by atoms with Gasteiger partial charge in [-0.1, -0.05) is 30.3 Å². The highest BCUT2D eigenvalue weighted by molar-refractivity contribution is 5.83. The number of ether oxygens (including phenoxy) is 2. The summed E-state index contributed by atoms with van der Waals surface area (Å²) in [6.45, 7) is 2.47. The molecule has 0 saturated heterocycles. The minimum atomic E-state index is 0.290. The van der Waals surface area contributed by atoms with E-state index in [-0.39, 0.29) is 0 Å². The number of hydrogen-bond acceptors (Lipinski definition) is 4. The van der Waals surface area contributed by atoms with Gasteiger partial charge in [-0.25, -0.2) is 0 Å². The van der Waals surface area contributed by atoms with Crippen molar-refractivity contribution in [1.82, 2.24) is 9.97 Å². The lowest BCUT2D eigenvalue weighted by Gasteiger charge is -2.09. The summed E-state index contributed by atoms with van der Waals surface area (Å²) in [7, 11) is 0. The highest BCUT2D eigenvalue weighted by Crippen LogP contribution is 2.26. The summed E-state index contributed by atoms with van der Waals surface area (Å²) in [6.07, 6.45) is 0. The number of aromatic nitrogens is 2. The molecule has 0 unspecified atom stereocenters. The molecule has 0 saturated carbocycles. The third-order valence-electron chi connectivity index (χ3n) is 2.78. The lowest BCUT2D eigenvalue weighted by atomic mass is 10.2. The summed E-state index contributed by atoms with van der Waals surface area (Å²) >= 11 is 0. The molecular formula is C16H14N2O2. The lowest BCUT2D eigenvalue weighted by molar-refractivity contribution is 0.323. The molecule has 0 bridgehead atoms. The van der Waals surface area contributed by atoms with E-state index in [1.165, 1.54) is 0 Å². The van der Waals surface area contributed by atoms with Gasteiger partial charge in [0.25, 0.3) is 0 Å². The Morgan fingerprint density at radius 3 is 2.45 bits per heavy atom. The second-order valence-electron chi connectivity index (χ2n) is 4.18. The molecular weight excluding hydrogens is 252 g/mol. The maximum atomic E-state index is 5.67. The molecule has 3 rings (SSSR count). The summed E-state index contributed by atoms with van der Waals surface area (Å²) in [4.78, 5) is 8.73. The molecule has 0 aliphatic carbocycles. The van der Waals surface area contributed by atoms with E-state index < -0.39 is 0 Å². The Labute approximate surface area is 117 Å². The average molecular weight is 266 g/mol. The van der Waals surface area contributed by atoms with Crippen LogP contribution >= 0.6 is 0 Å². The number of rotatable bonds is 4. The standard InChI is InChI=1S/C16H14N2O2/c1-2-19-15-13-10-6-7-11-14(13)17-16(18-15)20-12-8-4-3-5-9-12/h3-11H,2H2,1H3. The van der Waals surface area contributed by atoms with Gasteiger partial charge in [0, 0.05) is 0 Å². The predicted molar refractivity (Wildman–Crippen MR) is 77.2 cm³/mol. The average Bonchev–Trinajstić information content (AvgIpc) is 2.49. The molecule has 0 radical (unpaired) electrons. The van der Waals surface area contributed by atoms with Crippen molar-refractivity contribution in [3.05, 3.63) is 54.6 Å². The van der Waals surface area contributed by atoms with Crippen LogP contribution in [0.5, 0.6) is 17.6 Å². The van der Waals surface area contributed by atoms with Gasteiger partial charge in [-0.05, 0) is 31.2 Å². The number of para-hydroxylation sites is 2. The van der Waals surface area contributed by atoms with Crippen LogP contribution in [0.1, 0.15) is 6.92 Å². The molecule has 0 fully saturated rings. The first-order valence-electron chi connectivity index (χ1n) is 6.49. The van der Waals surface area contributed by atoms with Gasteiger partial charge in [0.1, 0.15) is 5.75 Å². The minimum Gasteiger partial charge on any atom is -0.477 e. The van der Waals surface area contributed by atoms with Crippen LogP contribution in [0.25, 0.3) is 10.9 Å². The summed E-state index contributed by atoms with van der Waals surface area (Å²) < 4.78 is 11.2. The van der Waals surface area contributed by atoms with E-state index in [4.69, 9.17) is 9.47 Å². The van der Waals surface area contributed by atoms with Crippen molar-refractivity contribution in [3.8, 4) is 17.6 Å². The molecule has 1 heterocycles. The van der Waals surface area contributed by atoms with Gasteiger partial charge in [0.15, 0.2) is 0 Å². The van der Waals surface area contributed by atoms with Crippen molar-refractivity contribution in [1.29, 1.82) is 0 Å². The smallest absolute Gasteiger partial charge is 0.325 e. The quantitative estimate of drug-likeness (QED) is 0.720. The first-order valence-corrected chi connectivity index (χ1v) is 6.49. The Bertz CT molecular complexity index is 714. The van der Waals surface area contributed by atoms with Crippen LogP contribution in [0.2, 0.25) is 0 Å². The summed E-state index contributed by atoms with van der Waals surface area (Å²) in [5.74, 6) is 1.24. The summed E-state index contributed by atoms with van der Waals surface area (Å²) in [6, 6.07) is 17.5. The van der Waals surface area contributed by atoms with Gasteiger partial charge in [0.05, 0.1) is 17.5 Å². The van der Waals surface area contributed by atoms with E-state index in [0.29, 0.717) is 24.2 Å². The summed E-state index contributed by atoms with van der Waals surface area (Å²) in [5, 5.41) is 0.884. The molecule has 0 amide bonds. The molecule has 2 aromatic carbocycles. The van der Waals surface area contributed by atoms with E-state index in [2.05, 4.69) is 9.97 Å². The predicted octanol–water partition coefficient (Wildman–Crippen LogP) is 3.82. The molecule has 0 N–H and O–H groups in total. The molecule has 0 aliphatic rings. The zero-order chi connectivity index (χ0) is 13.8. The van der Waals surface area contributed by atoms with Crippen molar-refractivity contribution in [3.63, 3.8) is 0 Å². The number of hydrogen-bond donors (Lipinski definition) is 0. The molecule has 0 spiro atoms. The Hall–Kier alpha value is -2.62. The van der Waals surface area contributed by atoms with Gasteiger partial charge >= 0.3 is 6.01 Å². The van der Waals surface area contributed by atoms with Crippen LogP contribution in [-0.4, -0.2) is 16.6 Å². The van der Waals surface area contributed by atoms with Crippen molar-refractivity contribution < 1.29 is 9.47 Å². The van der Waals surface area contributed by atoms with Gasteiger partial charge in [0.2, 0.25) is 5.88 Å². The number of fused-ring (bicyclic) bond motifs is 1. The third kappa shape index (κ3) is 2.54. The SMILES string of the molecule is CCOc1nc(Oc2ccccc2)nc2ccccc12. The molecule has 20 heavy (non-hydrogen) atoms. The topological polar surface area (TPSA) is 44.2 Å². The normalized spacial score (nSPS) is 10.4. The van der Waals surface area contributed by atoms with Crippen LogP contribution in [0.3, 0.4) is 0 Å². The maximum Gasteiger partial charge on any atom is 0.325 e. The van der Waals surface area contributed by atoms with Crippen LogP contribution in [0.4, 0.5) is 0 Å². The van der Waals surface area contributed by atoms with Crippen LogP contribution in [-0.2, 0) is 0 Å². The molecule has 100 valence electrons.